The molecule has 1 nitrogen and oxygen atoms in total. The third-order valence-electron chi connectivity index (χ3n) is 4.09. The lowest BCUT2D eigenvalue weighted by Gasteiger charge is -2.21. The third kappa shape index (κ3) is 5.87. The van der Waals surface area contributed by atoms with Crippen LogP contribution < -0.4 is 5.32 Å². The van der Waals surface area contributed by atoms with Gasteiger partial charge in [0.15, 0.2) is 0 Å². The summed E-state index contributed by atoms with van der Waals surface area (Å²) in [7, 11) is 0. The van der Waals surface area contributed by atoms with Crippen LogP contribution in [-0.2, 0) is 12.7 Å². The van der Waals surface area contributed by atoms with E-state index < -0.39 is 11.7 Å². The van der Waals surface area contributed by atoms with Crippen LogP contribution in [0.5, 0.6) is 0 Å². The van der Waals surface area contributed by atoms with Gasteiger partial charge < -0.3 is 5.32 Å². The molecule has 1 fully saturated rings. The fourth-order valence-corrected chi connectivity index (χ4v) is 2.96. The highest BCUT2D eigenvalue weighted by Crippen LogP contribution is 2.31. The molecule has 0 saturated heterocycles. The molecule has 21 heavy (non-hydrogen) atoms. The Morgan fingerprint density at radius 2 is 1.71 bits per heavy atom. The van der Waals surface area contributed by atoms with Crippen molar-refractivity contribution in [3.05, 3.63) is 35.4 Å². The molecular weight excluding hydrogens is 299 g/mol. The normalized spacial score (nSPS) is 16.5. The van der Waals surface area contributed by atoms with Crippen LogP contribution in [0.1, 0.15) is 49.7 Å². The summed E-state index contributed by atoms with van der Waals surface area (Å²) in [6.45, 7) is 1.10. The second kappa shape index (κ2) is 8.64. The van der Waals surface area contributed by atoms with E-state index in [2.05, 4.69) is 5.32 Å². The molecule has 1 N–H and O–H groups in total. The fraction of sp³-hybridized carbons (Fsp3) is 0.625. The van der Waals surface area contributed by atoms with Crippen LogP contribution in [0.3, 0.4) is 0 Å². The first-order valence-electron chi connectivity index (χ1n) is 7.43. The first-order chi connectivity index (χ1) is 9.57. The fourth-order valence-electron chi connectivity index (χ4n) is 2.96. The molecule has 1 aliphatic carbocycles. The van der Waals surface area contributed by atoms with E-state index in [1.165, 1.54) is 38.2 Å². The largest absolute Gasteiger partial charge is 0.416 e. The first-order valence-corrected chi connectivity index (χ1v) is 7.43. The zero-order valence-electron chi connectivity index (χ0n) is 12.1. The lowest BCUT2D eigenvalue weighted by molar-refractivity contribution is -0.138. The number of hydrogen-bond donors (Lipinski definition) is 1. The predicted molar refractivity (Wildman–Crippen MR) is 81.6 cm³/mol. The summed E-state index contributed by atoms with van der Waals surface area (Å²) in [4.78, 5) is 0. The van der Waals surface area contributed by atoms with E-state index in [0.717, 1.165) is 24.9 Å². The van der Waals surface area contributed by atoms with Crippen molar-refractivity contribution in [1.29, 1.82) is 0 Å². The van der Waals surface area contributed by atoms with E-state index in [1.54, 1.807) is 12.1 Å². The maximum Gasteiger partial charge on any atom is 0.416 e. The molecule has 1 saturated carbocycles. The smallest absolute Gasteiger partial charge is 0.313 e. The van der Waals surface area contributed by atoms with E-state index in [9.17, 15) is 13.2 Å². The Hall–Kier alpha value is -0.740. The van der Waals surface area contributed by atoms with Gasteiger partial charge in [-0.05, 0) is 30.5 Å². The van der Waals surface area contributed by atoms with Crippen molar-refractivity contribution in [3.8, 4) is 0 Å². The van der Waals surface area contributed by atoms with Gasteiger partial charge in [-0.25, -0.2) is 0 Å². The van der Waals surface area contributed by atoms with Gasteiger partial charge >= 0.3 is 6.18 Å². The molecule has 0 amide bonds. The van der Waals surface area contributed by atoms with Gasteiger partial charge in [0, 0.05) is 6.54 Å². The summed E-state index contributed by atoms with van der Waals surface area (Å²) in [5.74, 6) is 0.758. The highest BCUT2D eigenvalue weighted by atomic mass is 35.5. The Morgan fingerprint density at radius 1 is 1.05 bits per heavy atom. The zero-order chi connectivity index (χ0) is 14.4. The van der Waals surface area contributed by atoms with E-state index in [4.69, 9.17) is 0 Å². The molecule has 0 spiro atoms. The molecule has 0 unspecified atom stereocenters. The van der Waals surface area contributed by atoms with Gasteiger partial charge in [0.2, 0.25) is 0 Å². The van der Waals surface area contributed by atoms with Crippen molar-refractivity contribution in [2.24, 2.45) is 5.92 Å². The topological polar surface area (TPSA) is 12.0 Å². The maximum atomic E-state index is 12.8. The van der Waals surface area contributed by atoms with Crippen LogP contribution in [0, 0.1) is 5.92 Å². The van der Waals surface area contributed by atoms with Gasteiger partial charge in [0.1, 0.15) is 0 Å². The molecule has 1 aromatic carbocycles. The molecule has 0 heterocycles. The Labute approximate surface area is 130 Å². The van der Waals surface area contributed by atoms with Gasteiger partial charge in [-0.2, -0.15) is 13.2 Å². The van der Waals surface area contributed by atoms with Crippen molar-refractivity contribution < 1.29 is 13.2 Å². The minimum Gasteiger partial charge on any atom is -0.313 e. The summed E-state index contributed by atoms with van der Waals surface area (Å²) >= 11 is 0. The van der Waals surface area contributed by atoms with Crippen molar-refractivity contribution >= 4 is 12.4 Å². The second-order valence-corrected chi connectivity index (χ2v) is 5.62. The van der Waals surface area contributed by atoms with Gasteiger partial charge in [-0.15, -0.1) is 12.4 Å². The monoisotopic (exact) mass is 321 g/mol. The van der Waals surface area contributed by atoms with Crippen LogP contribution in [0.2, 0.25) is 0 Å². The van der Waals surface area contributed by atoms with E-state index >= 15 is 0 Å². The molecule has 0 atom stereocenters. The highest BCUT2D eigenvalue weighted by Gasteiger charge is 2.32. The zero-order valence-corrected chi connectivity index (χ0v) is 12.9. The van der Waals surface area contributed by atoms with Crippen LogP contribution >= 0.6 is 12.4 Å². The molecule has 5 heteroatoms. The summed E-state index contributed by atoms with van der Waals surface area (Å²) in [5, 5.41) is 3.16. The van der Waals surface area contributed by atoms with Gasteiger partial charge in [0.25, 0.3) is 0 Å². The SMILES string of the molecule is Cl.FC(F)(F)c1ccccc1CNCCC1CCCCC1. The third-order valence-corrected chi connectivity index (χ3v) is 4.09. The lowest BCUT2D eigenvalue weighted by atomic mass is 9.87. The number of rotatable bonds is 5. The van der Waals surface area contributed by atoms with Crippen molar-refractivity contribution in [2.45, 2.75) is 51.2 Å². The molecule has 0 radical (unpaired) electrons. The molecule has 1 aliphatic rings. The summed E-state index contributed by atoms with van der Waals surface area (Å²) < 4.78 is 38.5. The van der Waals surface area contributed by atoms with E-state index in [0.29, 0.717) is 12.1 Å². The molecular formula is C16H23ClF3N. The lowest BCUT2D eigenvalue weighted by Crippen LogP contribution is -2.21. The standard InChI is InChI=1S/C16H22F3N.ClH/c17-16(18,19)15-9-5-4-8-14(15)12-20-11-10-13-6-2-1-3-7-13;/h4-5,8-9,13,20H,1-3,6-7,10-12H2;1H. The van der Waals surface area contributed by atoms with Crippen LogP contribution in [0.25, 0.3) is 0 Å². The molecule has 120 valence electrons. The maximum absolute atomic E-state index is 12.8. The molecule has 0 aromatic heterocycles. The minimum absolute atomic E-state index is 0. The van der Waals surface area contributed by atoms with E-state index in [-0.39, 0.29) is 12.4 Å². The quantitative estimate of drug-likeness (QED) is 0.736. The Morgan fingerprint density at radius 3 is 2.38 bits per heavy atom. The number of hydrogen-bond acceptors (Lipinski definition) is 1. The van der Waals surface area contributed by atoms with E-state index in [1.807, 2.05) is 0 Å². The van der Waals surface area contributed by atoms with Crippen LogP contribution in [0.15, 0.2) is 24.3 Å². The average Bonchev–Trinajstić information content (AvgIpc) is 2.44. The van der Waals surface area contributed by atoms with Gasteiger partial charge in [0.05, 0.1) is 5.56 Å². The summed E-state index contributed by atoms with van der Waals surface area (Å²) in [6.07, 6.45) is 3.32. The Balaban J connectivity index is 0.00000220. The van der Waals surface area contributed by atoms with Crippen molar-refractivity contribution in [1.82, 2.24) is 5.32 Å². The Kier molecular flexibility index (Phi) is 7.53. The number of alkyl halides is 3. The predicted octanol–water partition coefficient (Wildman–Crippen LogP) is 5.19. The number of benzene rings is 1. The summed E-state index contributed by atoms with van der Waals surface area (Å²) in [5.41, 5.74) is -0.186. The Bertz CT molecular complexity index is 414. The minimum atomic E-state index is -4.26. The number of nitrogens with one attached hydrogen (secondary N) is 1. The second-order valence-electron chi connectivity index (χ2n) is 5.62. The molecule has 1 aromatic rings. The average molecular weight is 322 g/mol. The van der Waals surface area contributed by atoms with Gasteiger partial charge in [-0.1, -0.05) is 50.3 Å². The van der Waals surface area contributed by atoms with Gasteiger partial charge in [-0.3, -0.25) is 0 Å². The molecule has 0 bridgehead atoms. The van der Waals surface area contributed by atoms with Crippen molar-refractivity contribution in [2.75, 3.05) is 6.54 Å². The summed E-state index contributed by atoms with van der Waals surface area (Å²) in [6, 6.07) is 5.80. The highest BCUT2D eigenvalue weighted by molar-refractivity contribution is 5.85. The van der Waals surface area contributed by atoms with Crippen LogP contribution in [0.4, 0.5) is 13.2 Å². The number of halogens is 4. The van der Waals surface area contributed by atoms with Crippen molar-refractivity contribution in [3.63, 3.8) is 0 Å². The first kappa shape index (κ1) is 18.3. The van der Waals surface area contributed by atoms with Crippen LogP contribution in [-0.4, -0.2) is 6.54 Å². The molecule has 0 aliphatic heterocycles. The molecule has 2 rings (SSSR count).